The van der Waals surface area contributed by atoms with Crippen LogP contribution in [0.25, 0.3) is 11.2 Å². The van der Waals surface area contributed by atoms with Crippen molar-refractivity contribution in [2.24, 2.45) is 0 Å². The molecule has 3 heterocycles. The number of ether oxygens (including phenoxy) is 1. The molecule has 5 nitrogen and oxygen atoms in total. The van der Waals surface area contributed by atoms with Crippen LogP contribution in [0.3, 0.4) is 0 Å². The van der Waals surface area contributed by atoms with Crippen molar-refractivity contribution in [3.05, 3.63) is 18.0 Å². The molecule has 2 N–H and O–H groups in total. The lowest BCUT2D eigenvalue weighted by molar-refractivity contribution is 0.328. The van der Waals surface area contributed by atoms with Gasteiger partial charge in [-0.15, -0.1) is 0 Å². The average Bonchev–Trinajstić information content (AvgIpc) is 2.96. The van der Waals surface area contributed by atoms with Gasteiger partial charge in [-0.2, -0.15) is 4.98 Å². The third kappa shape index (κ3) is 1.84. The van der Waals surface area contributed by atoms with E-state index in [0.717, 1.165) is 30.0 Å². The first kappa shape index (κ1) is 11.5. The molecule has 96 valence electrons. The molecule has 1 atom stereocenters. The van der Waals surface area contributed by atoms with E-state index < -0.39 is 0 Å². The Morgan fingerprint density at radius 1 is 1.39 bits per heavy atom. The molecule has 1 unspecified atom stereocenters. The first-order valence-electron chi connectivity index (χ1n) is 6.46. The largest absolute Gasteiger partial charge is 0.478 e. The first-order chi connectivity index (χ1) is 8.71. The molecule has 1 aliphatic rings. The van der Waals surface area contributed by atoms with Crippen LogP contribution in [0.1, 0.15) is 32.5 Å². The minimum absolute atomic E-state index is 0.0491. The van der Waals surface area contributed by atoms with Crippen molar-refractivity contribution in [2.75, 3.05) is 13.2 Å². The quantitative estimate of drug-likeness (QED) is 0.869. The number of rotatable bonds is 3. The summed E-state index contributed by atoms with van der Waals surface area (Å²) < 4.78 is 5.39. The molecule has 5 heteroatoms. The molecular formula is C13H18N4O. The van der Waals surface area contributed by atoms with Crippen molar-refractivity contribution in [1.29, 1.82) is 0 Å². The van der Waals surface area contributed by atoms with Crippen LogP contribution in [0.15, 0.2) is 12.1 Å². The number of hydrogen-bond donors (Lipinski definition) is 2. The summed E-state index contributed by atoms with van der Waals surface area (Å²) in [5.41, 5.74) is 1.64. The highest BCUT2D eigenvalue weighted by molar-refractivity contribution is 5.71. The second kappa shape index (κ2) is 4.24. The highest BCUT2D eigenvalue weighted by atomic mass is 16.5. The van der Waals surface area contributed by atoms with Crippen LogP contribution in [0.5, 0.6) is 5.88 Å². The lowest BCUT2D eigenvalue weighted by Crippen LogP contribution is -2.34. The van der Waals surface area contributed by atoms with Gasteiger partial charge >= 0.3 is 0 Å². The normalized spacial score (nSPS) is 23.7. The molecular weight excluding hydrogens is 228 g/mol. The number of pyridine rings is 1. The molecule has 1 saturated heterocycles. The summed E-state index contributed by atoms with van der Waals surface area (Å²) in [6.07, 6.45) is 2.29. The molecule has 0 aliphatic carbocycles. The molecule has 0 spiro atoms. The molecule has 18 heavy (non-hydrogen) atoms. The Bertz CT molecular complexity index is 557. The smallest absolute Gasteiger partial charge is 0.215 e. The van der Waals surface area contributed by atoms with Gasteiger partial charge in [0.15, 0.2) is 5.65 Å². The standard InChI is InChI=1S/C13H18N4O/c1-3-18-10-6-5-9-11(16-10)17-12(15-9)13(2)7-4-8-14-13/h5-6,14H,3-4,7-8H2,1-2H3,(H,15,16,17). The van der Waals surface area contributed by atoms with Crippen molar-refractivity contribution < 1.29 is 4.74 Å². The zero-order valence-electron chi connectivity index (χ0n) is 10.8. The van der Waals surface area contributed by atoms with E-state index in [0.29, 0.717) is 12.5 Å². The SMILES string of the molecule is CCOc1ccc2[nH]c(C3(C)CCCN3)nc2n1. The maximum atomic E-state index is 5.39. The van der Waals surface area contributed by atoms with Gasteiger partial charge in [-0.3, -0.25) is 0 Å². The predicted molar refractivity (Wildman–Crippen MR) is 69.6 cm³/mol. The van der Waals surface area contributed by atoms with E-state index >= 15 is 0 Å². The lowest BCUT2D eigenvalue weighted by Gasteiger charge is -2.20. The predicted octanol–water partition coefficient (Wildman–Crippen LogP) is 1.96. The molecule has 0 radical (unpaired) electrons. The van der Waals surface area contributed by atoms with Gasteiger partial charge in [0.05, 0.1) is 17.7 Å². The van der Waals surface area contributed by atoms with Gasteiger partial charge in [0.25, 0.3) is 0 Å². The molecule has 0 bridgehead atoms. The van der Waals surface area contributed by atoms with Gasteiger partial charge in [0.1, 0.15) is 5.82 Å². The second-order valence-corrected chi connectivity index (χ2v) is 4.90. The van der Waals surface area contributed by atoms with Crippen molar-refractivity contribution in [2.45, 2.75) is 32.2 Å². The summed E-state index contributed by atoms with van der Waals surface area (Å²) in [6.45, 7) is 5.80. The molecule has 1 aliphatic heterocycles. The van der Waals surface area contributed by atoms with E-state index in [4.69, 9.17) is 4.74 Å². The second-order valence-electron chi connectivity index (χ2n) is 4.90. The molecule has 0 amide bonds. The highest BCUT2D eigenvalue weighted by Crippen LogP contribution is 2.29. The zero-order chi connectivity index (χ0) is 12.6. The monoisotopic (exact) mass is 246 g/mol. The average molecular weight is 246 g/mol. The summed E-state index contributed by atoms with van der Waals surface area (Å²) >= 11 is 0. The topological polar surface area (TPSA) is 62.8 Å². The molecule has 1 fully saturated rings. The van der Waals surface area contributed by atoms with Gasteiger partial charge in [0, 0.05) is 6.07 Å². The summed E-state index contributed by atoms with van der Waals surface area (Å²) in [6, 6.07) is 3.85. The van der Waals surface area contributed by atoms with Crippen molar-refractivity contribution in [3.8, 4) is 5.88 Å². The van der Waals surface area contributed by atoms with Crippen LogP contribution < -0.4 is 10.1 Å². The van der Waals surface area contributed by atoms with Gasteiger partial charge < -0.3 is 15.0 Å². The fourth-order valence-corrected chi connectivity index (χ4v) is 2.46. The van der Waals surface area contributed by atoms with Crippen LogP contribution in [-0.4, -0.2) is 28.1 Å². The van der Waals surface area contributed by atoms with Gasteiger partial charge in [-0.25, -0.2) is 4.98 Å². The maximum absolute atomic E-state index is 5.39. The summed E-state index contributed by atoms with van der Waals surface area (Å²) in [5, 5.41) is 3.50. The molecule has 0 aromatic carbocycles. The number of hydrogen-bond acceptors (Lipinski definition) is 4. The maximum Gasteiger partial charge on any atom is 0.215 e. The van der Waals surface area contributed by atoms with Crippen LogP contribution in [0.2, 0.25) is 0 Å². The Morgan fingerprint density at radius 2 is 2.28 bits per heavy atom. The number of fused-ring (bicyclic) bond motifs is 1. The fraction of sp³-hybridized carbons (Fsp3) is 0.538. The number of imidazole rings is 1. The van der Waals surface area contributed by atoms with Crippen molar-refractivity contribution in [1.82, 2.24) is 20.3 Å². The third-order valence-corrected chi connectivity index (χ3v) is 3.50. The summed E-state index contributed by atoms with van der Waals surface area (Å²) in [5.74, 6) is 1.60. The minimum Gasteiger partial charge on any atom is -0.478 e. The first-order valence-corrected chi connectivity index (χ1v) is 6.46. The van der Waals surface area contributed by atoms with E-state index in [-0.39, 0.29) is 5.54 Å². The van der Waals surface area contributed by atoms with E-state index in [2.05, 4.69) is 27.2 Å². The summed E-state index contributed by atoms with van der Waals surface area (Å²) in [4.78, 5) is 12.4. The Kier molecular flexibility index (Phi) is 2.70. The zero-order valence-corrected chi connectivity index (χ0v) is 10.8. The Morgan fingerprint density at radius 3 is 3.00 bits per heavy atom. The van der Waals surface area contributed by atoms with Gasteiger partial charge in [0.2, 0.25) is 5.88 Å². The number of aromatic amines is 1. The van der Waals surface area contributed by atoms with Gasteiger partial charge in [-0.1, -0.05) is 0 Å². The molecule has 3 rings (SSSR count). The Balaban J connectivity index is 2.00. The van der Waals surface area contributed by atoms with E-state index in [1.54, 1.807) is 0 Å². The third-order valence-electron chi connectivity index (χ3n) is 3.50. The lowest BCUT2D eigenvalue weighted by atomic mass is 10.00. The Hall–Kier alpha value is -1.62. The number of nitrogens with zero attached hydrogens (tertiary/aromatic N) is 2. The van der Waals surface area contributed by atoms with Crippen molar-refractivity contribution >= 4 is 11.2 Å². The highest BCUT2D eigenvalue weighted by Gasteiger charge is 2.33. The van der Waals surface area contributed by atoms with Crippen LogP contribution >= 0.6 is 0 Å². The minimum atomic E-state index is -0.0491. The fourth-order valence-electron chi connectivity index (χ4n) is 2.46. The molecule has 2 aromatic rings. The van der Waals surface area contributed by atoms with E-state index in [1.807, 2.05) is 19.1 Å². The Labute approximate surface area is 106 Å². The number of aromatic nitrogens is 3. The van der Waals surface area contributed by atoms with Gasteiger partial charge in [-0.05, 0) is 39.3 Å². The van der Waals surface area contributed by atoms with E-state index in [1.165, 1.54) is 6.42 Å². The summed E-state index contributed by atoms with van der Waals surface area (Å²) in [7, 11) is 0. The van der Waals surface area contributed by atoms with Crippen LogP contribution in [-0.2, 0) is 5.54 Å². The van der Waals surface area contributed by atoms with Crippen LogP contribution in [0, 0.1) is 0 Å². The van der Waals surface area contributed by atoms with Crippen LogP contribution in [0.4, 0.5) is 0 Å². The van der Waals surface area contributed by atoms with E-state index in [9.17, 15) is 0 Å². The molecule has 2 aromatic heterocycles. The number of nitrogens with one attached hydrogen (secondary N) is 2. The van der Waals surface area contributed by atoms with Crippen molar-refractivity contribution in [3.63, 3.8) is 0 Å². The number of H-pyrrole nitrogens is 1. The molecule has 0 saturated carbocycles.